The third kappa shape index (κ3) is 1.23. The van der Waals surface area contributed by atoms with E-state index in [1.807, 2.05) is 13.1 Å². The highest BCUT2D eigenvalue weighted by Crippen LogP contribution is 2.25. The highest BCUT2D eigenvalue weighted by atomic mass is 16.4. The van der Waals surface area contributed by atoms with E-state index in [9.17, 15) is 0 Å². The van der Waals surface area contributed by atoms with Gasteiger partial charge in [0.15, 0.2) is 0 Å². The Hall–Kier alpha value is -2.10. The maximum absolute atomic E-state index is 5.18. The lowest BCUT2D eigenvalue weighted by Gasteiger charge is -1.98. The molecule has 2 heterocycles. The first-order valence-electron chi connectivity index (χ1n) is 5.08. The average Bonchev–Trinajstić information content (AvgIpc) is 2.88. The number of aryl methyl sites for hydroxylation is 2. The van der Waals surface area contributed by atoms with Crippen molar-refractivity contribution in [1.29, 1.82) is 0 Å². The van der Waals surface area contributed by atoms with E-state index >= 15 is 0 Å². The van der Waals surface area contributed by atoms with Crippen molar-refractivity contribution in [3.63, 3.8) is 0 Å². The summed E-state index contributed by atoms with van der Waals surface area (Å²) in [6, 6.07) is 6.16. The molecule has 0 aliphatic heterocycles. The standard InChI is InChI=1S/C12H11N3O/c1-8-6-15(2)11-5-9(3-4-10(8)11)12-14-13-7-16-12/h3-7H,1-2H3. The van der Waals surface area contributed by atoms with Crippen molar-refractivity contribution in [2.45, 2.75) is 6.92 Å². The van der Waals surface area contributed by atoms with E-state index < -0.39 is 0 Å². The summed E-state index contributed by atoms with van der Waals surface area (Å²) in [7, 11) is 2.03. The summed E-state index contributed by atoms with van der Waals surface area (Å²) in [6.45, 7) is 2.11. The Kier molecular flexibility index (Phi) is 1.83. The van der Waals surface area contributed by atoms with Crippen LogP contribution in [0, 0.1) is 6.92 Å². The van der Waals surface area contributed by atoms with Gasteiger partial charge in [0, 0.05) is 29.7 Å². The normalized spacial score (nSPS) is 11.1. The lowest BCUT2D eigenvalue weighted by Crippen LogP contribution is -1.85. The minimum absolute atomic E-state index is 0.556. The molecule has 0 fully saturated rings. The topological polar surface area (TPSA) is 43.9 Å². The summed E-state index contributed by atoms with van der Waals surface area (Å²) in [4.78, 5) is 0. The first-order valence-corrected chi connectivity index (χ1v) is 5.08. The van der Waals surface area contributed by atoms with Crippen molar-refractivity contribution in [2.24, 2.45) is 7.05 Å². The van der Waals surface area contributed by atoms with Crippen LogP contribution in [0.25, 0.3) is 22.4 Å². The van der Waals surface area contributed by atoms with E-state index in [0.29, 0.717) is 5.89 Å². The van der Waals surface area contributed by atoms with Crippen LogP contribution in [-0.2, 0) is 7.05 Å². The van der Waals surface area contributed by atoms with Gasteiger partial charge in [-0.25, -0.2) is 0 Å². The fourth-order valence-corrected chi connectivity index (χ4v) is 2.02. The minimum atomic E-state index is 0.556. The maximum Gasteiger partial charge on any atom is 0.247 e. The zero-order chi connectivity index (χ0) is 11.1. The second kappa shape index (κ2) is 3.20. The molecular weight excluding hydrogens is 202 g/mol. The van der Waals surface area contributed by atoms with Gasteiger partial charge in [-0.15, -0.1) is 10.2 Å². The summed E-state index contributed by atoms with van der Waals surface area (Å²) < 4.78 is 7.29. The molecule has 0 aliphatic carbocycles. The van der Waals surface area contributed by atoms with Gasteiger partial charge in [0.2, 0.25) is 12.3 Å². The van der Waals surface area contributed by atoms with Gasteiger partial charge in [0.1, 0.15) is 0 Å². The van der Waals surface area contributed by atoms with Gasteiger partial charge < -0.3 is 8.98 Å². The van der Waals surface area contributed by atoms with Crippen LogP contribution >= 0.6 is 0 Å². The molecule has 0 saturated carbocycles. The third-order valence-electron chi connectivity index (χ3n) is 2.80. The number of aromatic nitrogens is 3. The Morgan fingerprint density at radius 1 is 1.31 bits per heavy atom. The van der Waals surface area contributed by atoms with Crippen molar-refractivity contribution in [2.75, 3.05) is 0 Å². The Balaban J connectivity index is 2.27. The molecule has 4 nitrogen and oxygen atoms in total. The Bertz CT molecular complexity index is 638. The van der Waals surface area contributed by atoms with Crippen molar-refractivity contribution >= 4 is 10.9 Å². The Labute approximate surface area is 92.5 Å². The fourth-order valence-electron chi connectivity index (χ4n) is 2.02. The molecule has 4 heteroatoms. The molecule has 0 saturated heterocycles. The van der Waals surface area contributed by atoms with Crippen LogP contribution in [0.3, 0.4) is 0 Å². The van der Waals surface area contributed by atoms with Crippen LogP contribution in [0.4, 0.5) is 0 Å². The summed E-state index contributed by atoms with van der Waals surface area (Å²) in [5, 5.41) is 8.84. The molecule has 80 valence electrons. The predicted octanol–water partition coefficient (Wildman–Crippen LogP) is 2.54. The first-order chi connectivity index (χ1) is 7.75. The van der Waals surface area contributed by atoms with Crippen LogP contribution in [0.1, 0.15) is 5.56 Å². The lowest BCUT2D eigenvalue weighted by atomic mass is 10.1. The summed E-state index contributed by atoms with van der Waals surface area (Å²) >= 11 is 0. The van der Waals surface area contributed by atoms with Crippen molar-refractivity contribution in [3.05, 3.63) is 36.4 Å². The number of hydrogen-bond donors (Lipinski definition) is 0. The van der Waals surface area contributed by atoms with E-state index in [0.717, 1.165) is 5.56 Å². The molecule has 0 aliphatic rings. The number of hydrogen-bond acceptors (Lipinski definition) is 3. The lowest BCUT2D eigenvalue weighted by molar-refractivity contribution is 0.568. The van der Waals surface area contributed by atoms with Crippen LogP contribution in [0.15, 0.2) is 35.2 Å². The van der Waals surface area contributed by atoms with E-state index in [2.05, 4.69) is 40.0 Å². The molecular formula is C12H11N3O. The largest absolute Gasteiger partial charge is 0.423 e. The number of fused-ring (bicyclic) bond motifs is 1. The van der Waals surface area contributed by atoms with E-state index in [4.69, 9.17) is 4.42 Å². The van der Waals surface area contributed by atoms with Crippen molar-refractivity contribution in [1.82, 2.24) is 14.8 Å². The SMILES string of the molecule is Cc1cn(C)c2cc(-c3nnco3)ccc12. The molecule has 1 aromatic carbocycles. The minimum Gasteiger partial charge on any atom is -0.423 e. The van der Waals surface area contributed by atoms with Crippen LogP contribution in [0.5, 0.6) is 0 Å². The molecule has 3 rings (SSSR count). The first kappa shape index (κ1) is 9.15. The molecule has 3 aromatic rings. The van der Waals surface area contributed by atoms with Crippen LogP contribution in [-0.4, -0.2) is 14.8 Å². The molecule has 0 radical (unpaired) electrons. The molecule has 2 aromatic heterocycles. The smallest absolute Gasteiger partial charge is 0.247 e. The van der Waals surface area contributed by atoms with Gasteiger partial charge in [-0.1, -0.05) is 6.07 Å². The van der Waals surface area contributed by atoms with E-state index in [1.165, 1.54) is 22.9 Å². The van der Waals surface area contributed by atoms with E-state index in [1.54, 1.807) is 0 Å². The summed E-state index contributed by atoms with van der Waals surface area (Å²) in [5.74, 6) is 0.556. The molecule has 16 heavy (non-hydrogen) atoms. The number of rotatable bonds is 1. The molecule has 0 N–H and O–H groups in total. The third-order valence-corrected chi connectivity index (χ3v) is 2.80. The predicted molar refractivity (Wildman–Crippen MR) is 60.9 cm³/mol. The summed E-state index contributed by atoms with van der Waals surface area (Å²) in [5.41, 5.74) is 3.40. The van der Waals surface area contributed by atoms with Gasteiger partial charge in [-0.05, 0) is 24.6 Å². The van der Waals surface area contributed by atoms with Gasteiger partial charge >= 0.3 is 0 Å². The molecule has 0 atom stereocenters. The Morgan fingerprint density at radius 3 is 2.94 bits per heavy atom. The monoisotopic (exact) mass is 213 g/mol. The van der Waals surface area contributed by atoms with Gasteiger partial charge in [-0.3, -0.25) is 0 Å². The molecule has 0 spiro atoms. The zero-order valence-electron chi connectivity index (χ0n) is 9.14. The average molecular weight is 213 g/mol. The second-order valence-electron chi connectivity index (χ2n) is 3.90. The Morgan fingerprint density at radius 2 is 2.19 bits per heavy atom. The van der Waals surface area contributed by atoms with Gasteiger partial charge in [0.05, 0.1) is 0 Å². The maximum atomic E-state index is 5.18. The number of benzene rings is 1. The highest BCUT2D eigenvalue weighted by molar-refractivity contribution is 5.87. The summed E-state index contributed by atoms with van der Waals surface area (Å²) in [6.07, 6.45) is 3.46. The van der Waals surface area contributed by atoms with Crippen molar-refractivity contribution < 1.29 is 4.42 Å². The van der Waals surface area contributed by atoms with Crippen LogP contribution in [0.2, 0.25) is 0 Å². The van der Waals surface area contributed by atoms with Crippen LogP contribution < -0.4 is 0 Å². The molecule has 0 amide bonds. The molecule has 0 unspecified atom stereocenters. The highest BCUT2D eigenvalue weighted by Gasteiger charge is 2.07. The van der Waals surface area contributed by atoms with Gasteiger partial charge in [0.25, 0.3) is 0 Å². The van der Waals surface area contributed by atoms with E-state index in [-0.39, 0.29) is 0 Å². The number of nitrogens with zero attached hydrogens (tertiary/aromatic N) is 3. The quantitative estimate of drug-likeness (QED) is 0.624. The zero-order valence-corrected chi connectivity index (χ0v) is 9.14. The molecule has 0 bridgehead atoms. The van der Waals surface area contributed by atoms with Crippen molar-refractivity contribution in [3.8, 4) is 11.5 Å². The van der Waals surface area contributed by atoms with Gasteiger partial charge in [-0.2, -0.15) is 0 Å². The second-order valence-corrected chi connectivity index (χ2v) is 3.90. The fraction of sp³-hybridized carbons (Fsp3) is 0.167.